The predicted molar refractivity (Wildman–Crippen MR) is 66.0 cm³/mol. The lowest BCUT2D eigenvalue weighted by atomic mass is 10.2. The summed E-state index contributed by atoms with van der Waals surface area (Å²) in [4.78, 5) is 10.8. The molecule has 2 rings (SSSR count). The molecule has 0 radical (unpaired) electrons. The Labute approximate surface area is 105 Å². The Morgan fingerprint density at radius 1 is 1.22 bits per heavy atom. The zero-order valence-corrected chi connectivity index (χ0v) is 10.1. The number of carbonyl (C=O) groups is 1. The van der Waals surface area contributed by atoms with Crippen LogP contribution >= 0.6 is 0 Å². The molecular formula is C14H14O4. The molecule has 0 saturated carbocycles. The SMILES string of the molecule is COc1ccc(COC/C=C2\C=CC(=O)O2)cc1. The van der Waals surface area contributed by atoms with Crippen molar-refractivity contribution in [1.82, 2.24) is 0 Å². The molecule has 0 aliphatic carbocycles. The summed E-state index contributed by atoms with van der Waals surface area (Å²) in [5, 5.41) is 0. The van der Waals surface area contributed by atoms with Gasteiger partial charge >= 0.3 is 5.97 Å². The van der Waals surface area contributed by atoms with Crippen molar-refractivity contribution in [3.05, 3.63) is 53.8 Å². The highest BCUT2D eigenvalue weighted by atomic mass is 16.5. The van der Waals surface area contributed by atoms with Gasteiger partial charge in [0.15, 0.2) is 0 Å². The lowest BCUT2D eigenvalue weighted by Gasteiger charge is -2.04. The Kier molecular flexibility index (Phi) is 4.15. The van der Waals surface area contributed by atoms with Crippen molar-refractivity contribution in [2.24, 2.45) is 0 Å². The van der Waals surface area contributed by atoms with Gasteiger partial charge in [-0.25, -0.2) is 4.79 Å². The standard InChI is InChI=1S/C14H14O4/c1-16-12-4-2-11(3-5-12)10-17-9-8-13-6-7-14(15)18-13/h2-8H,9-10H2,1H3/b13-8+. The van der Waals surface area contributed by atoms with E-state index in [1.54, 1.807) is 19.3 Å². The Hall–Kier alpha value is -2.07. The van der Waals surface area contributed by atoms with Gasteiger partial charge in [-0.1, -0.05) is 12.1 Å². The number of methoxy groups -OCH3 is 1. The van der Waals surface area contributed by atoms with E-state index in [1.165, 1.54) is 6.08 Å². The van der Waals surface area contributed by atoms with Crippen molar-refractivity contribution in [2.75, 3.05) is 13.7 Å². The van der Waals surface area contributed by atoms with E-state index in [1.807, 2.05) is 24.3 Å². The van der Waals surface area contributed by atoms with Crippen LogP contribution in [0.4, 0.5) is 0 Å². The normalized spacial score (nSPS) is 16.1. The van der Waals surface area contributed by atoms with Crippen LogP contribution in [0.15, 0.2) is 48.3 Å². The Morgan fingerprint density at radius 3 is 2.61 bits per heavy atom. The lowest BCUT2D eigenvalue weighted by Crippen LogP contribution is -1.95. The molecule has 0 bridgehead atoms. The van der Waals surface area contributed by atoms with Crippen LogP contribution < -0.4 is 4.74 Å². The smallest absolute Gasteiger partial charge is 0.336 e. The van der Waals surface area contributed by atoms with Crippen molar-refractivity contribution in [2.45, 2.75) is 6.61 Å². The molecule has 0 unspecified atom stereocenters. The van der Waals surface area contributed by atoms with Gasteiger partial charge in [0.1, 0.15) is 11.5 Å². The van der Waals surface area contributed by atoms with E-state index in [4.69, 9.17) is 14.2 Å². The summed E-state index contributed by atoms with van der Waals surface area (Å²) in [6.45, 7) is 0.907. The maximum Gasteiger partial charge on any atom is 0.336 e. The molecule has 0 amide bonds. The molecule has 18 heavy (non-hydrogen) atoms. The predicted octanol–water partition coefficient (Wildman–Crippen LogP) is 2.21. The molecule has 0 atom stereocenters. The Balaban J connectivity index is 1.75. The number of rotatable bonds is 5. The number of hydrogen-bond donors (Lipinski definition) is 0. The molecule has 0 fully saturated rings. The third kappa shape index (κ3) is 3.46. The second kappa shape index (κ2) is 6.02. The molecule has 0 aromatic heterocycles. The summed E-state index contributed by atoms with van der Waals surface area (Å²) in [5.41, 5.74) is 1.06. The highest BCUT2D eigenvalue weighted by molar-refractivity contribution is 5.86. The van der Waals surface area contributed by atoms with Gasteiger partial charge in [0.2, 0.25) is 0 Å². The van der Waals surface area contributed by atoms with Crippen LogP contribution in [0, 0.1) is 0 Å². The first-order chi connectivity index (χ1) is 8.78. The average molecular weight is 246 g/mol. The first kappa shape index (κ1) is 12.4. The van der Waals surface area contributed by atoms with E-state index in [9.17, 15) is 4.79 Å². The molecule has 1 aromatic carbocycles. The second-order valence-electron chi connectivity index (χ2n) is 3.72. The highest BCUT2D eigenvalue weighted by Crippen LogP contribution is 2.12. The number of ether oxygens (including phenoxy) is 3. The van der Waals surface area contributed by atoms with Crippen LogP contribution in [0.25, 0.3) is 0 Å². The van der Waals surface area contributed by atoms with Crippen LogP contribution in [0.1, 0.15) is 5.56 Å². The van der Waals surface area contributed by atoms with Crippen molar-refractivity contribution in [3.63, 3.8) is 0 Å². The highest BCUT2D eigenvalue weighted by Gasteiger charge is 2.07. The van der Waals surface area contributed by atoms with Gasteiger partial charge in [-0.3, -0.25) is 0 Å². The van der Waals surface area contributed by atoms with Crippen LogP contribution in [0.5, 0.6) is 5.75 Å². The number of benzene rings is 1. The maximum absolute atomic E-state index is 10.8. The Bertz CT molecular complexity index is 471. The summed E-state index contributed by atoms with van der Waals surface area (Å²) in [6, 6.07) is 7.67. The average Bonchev–Trinajstić information content (AvgIpc) is 2.81. The first-order valence-corrected chi connectivity index (χ1v) is 5.58. The van der Waals surface area contributed by atoms with Gasteiger partial charge in [0.25, 0.3) is 0 Å². The number of cyclic esters (lactones) is 1. The molecule has 0 N–H and O–H groups in total. The van der Waals surface area contributed by atoms with Gasteiger partial charge in [-0.15, -0.1) is 0 Å². The van der Waals surface area contributed by atoms with Gasteiger partial charge in [-0.05, 0) is 29.8 Å². The molecule has 94 valence electrons. The van der Waals surface area contributed by atoms with Crippen LogP contribution in [0.2, 0.25) is 0 Å². The largest absolute Gasteiger partial charge is 0.497 e. The first-order valence-electron chi connectivity index (χ1n) is 5.58. The van der Waals surface area contributed by atoms with E-state index in [0.717, 1.165) is 11.3 Å². The lowest BCUT2D eigenvalue weighted by molar-refractivity contribution is -0.132. The monoisotopic (exact) mass is 246 g/mol. The van der Waals surface area contributed by atoms with Crippen LogP contribution in [-0.2, 0) is 20.9 Å². The third-order valence-electron chi connectivity index (χ3n) is 2.43. The Morgan fingerprint density at radius 2 is 2.00 bits per heavy atom. The molecule has 4 nitrogen and oxygen atoms in total. The van der Waals surface area contributed by atoms with Crippen molar-refractivity contribution in [3.8, 4) is 5.75 Å². The summed E-state index contributed by atoms with van der Waals surface area (Å²) in [7, 11) is 1.63. The zero-order valence-electron chi connectivity index (χ0n) is 10.1. The minimum absolute atomic E-state index is 0.337. The van der Waals surface area contributed by atoms with Crippen LogP contribution in [-0.4, -0.2) is 19.7 Å². The van der Waals surface area contributed by atoms with Crippen molar-refractivity contribution in [1.29, 1.82) is 0 Å². The minimum Gasteiger partial charge on any atom is -0.497 e. The molecule has 1 heterocycles. The third-order valence-corrected chi connectivity index (χ3v) is 2.43. The fourth-order valence-electron chi connectivity index (χ4n) is 1.48. The summed E-state index contributed by atoms with van der Waals surface area (Å²) in [5.74, 6) is 1.02. The van der Waals surface area contributed by atoms with Crippen LogP contribution in [0.3, 0.4) is 0 Å². The van der Waals surface area contributed by atoms with E-state index in [0.29, 0.717) is 19.0 Å². The fraction of sp³-hybridized carbons (Fsp3) is 0.214. The van der Waals surface area contributed by atoms with E-state index < -0.39 is 0 Å². The minimum atomic E-state index is -0.337. The second-order valence-corrected chi connectivity index (χ2v) is 3.72. The van der Waals surface area contributed by atoms with Gasteiger partial charge in [-0.2, -0.15) is 0 Å². The topological polar surface area (TPSA) is 44.8 Å². The quantitative estimate of drug-likeness (QED) is 0.590. The molecule has 0 spiro atoms. The van der Waals surface area contributed by atoms with E-state index in [-0.39, 0.29) is 5.97 Å². The summed E-state index contributed by atoms with van der Waals surface area (Å²) < 4.78 is 15.4. The maximum atomic E-state index is 10.8. The number of carbonyl (C=O) groups excluding carboxylic acids is 1. The van der Waals surface area contributed by atoms with Gasteiger partial charge in [0, 0.05) is 6.08 Å². The molecule has 0 saturated heterocycles. The van der Waals surface area contributed by atoms with Gasteiger partial charge < -0.3 is 14.2 Å². The van der Waals surface area contributed by atoms with E-state index >= 15 is 0 Å². The van der Waals surface area contributed by atoms with Crippen molar-refractivity contribution >= 4 is 5.97 Å². The van der Waals surface area contributed by atoms with Gasteiger partial charge in [0.05, 0.1) is 20.3 Å². The van der Waals surface area contributed by atoms with Crippen molar-refractivity contribution < 1.29 is 19.0 Å². The van der Waals surface area contributed by atoms with E-state index in [2.05, 4.69) is 0 Å². The molecule has 1 aliphatic heterocycles. The zero-order chi connectivity index (χ0) is 12.8. The number of hydrogen-bond acceptors (Lipinski definition) is 4. The fourth-order valence-corrected chi connectivity index (χ4v) is 1.48. The summed E-state index contributed by atoms with van der Waals surface area (Å²) in [6.07, 6.45) is 4.74. The number of allylic oxidation sites excluding steroid dienone is 1. The molecule has 1 aliphatic rings. The number of esters is 1. The molecular weight excluding hydrogens is 232 g/mol. The summed E-state index contributed by atoms with van der Waals surface area (Å²) >= 11 is 0. The molecule has 4 heteroatoms. The molecule has 1 aromatic rings.